The first-order valence-electron chi connectivity index (χ1n) is 7.84. The lowest BCUT2D eigenvalue weighted by molar-refractivity contribution is 0.101. The van der Waals surface area contributed by atoms with E-state index in [0.717, 1.165) is 12.0 Å². The topological polar surface area (TPSA) is 17.1 Å². The Hall–Kier alpha value is -1.11. The lowest BCUT2D eigenvalue weighted by atomic mass is 10.0. The summed E-state index contributed by atoms with van der Waals surface area (Å²) in [7, 11) is 0. The Morgan fingerprint density at radius 3 is 2.21 bits per heavy atom. The van der Waals surface area contributed by atoms with Gasteiger partial charge >= 0.3 is 0 Å². The molecule has 0 heterocycles. The van der Waals surface area contributed by atoms with E-state index in [2.05, 4.69) is 13.0 Å². The molecule has 1 rings (SSSR count). The first-order chi connectivity index (χ1) is 9.24. The van der Waals surface area contributed by atoms with Crippen LogP contribution in [0.15, 0.2) is 24.3 Å². The van der Waals surface area contributed by atoms with E-state index in [1.807, 2.05) is 18.2 Å². The van der Waals surface area contributed by atoms with Crippen molar-refractivity contribution >= 4 is 5.78 Å². The summed E-state index contributed by atoms with van der Waals surface area (Å²) in [6.45, 7) is 3.89. The number of hydrogen-bond acceptors (Lipinski definition) is 1. The fraction of sp³-hybridized carbons (Fsp3) is 0.611. The molecule has 0 amide bonds. The largest absolute Gasteiger partial charge is 0.295 e. The van der Waals surface area contributed by atoms with E-state index in [-0.39, 0.29) is 5.78 Å². The third-order valence-electron chi connectivity index (χ3n) is 3.65. The molecule has 19 heavy (non-hydrogen) atoms. The molecule has 0 saturated heterocycles. The zero-order valence-corrected chi connectivity index (χ0v) is 12.6. The predicted molar refractivity (Wildman–Crippen MR) is 82.8 cm³/mol. The van der Waals surface area contributed by atoms with E-state index < -0.39 is 0 Å². The highest BCUT2D eigenvalue weighted by Crippen LogP contribution is 2.12. The molecule has 0 bridgehead atoms. The van der Waals surface area contributed by atoms with Crippen LogP contribution in [0.3, 0.4) is 0 Å². The molecule has 0 spiro atoms. The number of carbonyl (C=O) groups is 1. The molecular weight excluding hydrogens is 232 g/mol. The number of aryl methyl sites for hydroxylation is 1. The molecule has 0 unspecified atom stereocenters. The standard InChI is InChI=1S/C18H28O/c1-3-4-5-6-7-8-9-10-12-17-13-11-14-18(15-17)16(2)19/h11,13-15H,3-10,12H2,1-2H3. The molecule has 106 valence electrons. The molecule has 1 heteroatoms. The number of rotatable bonds is 10. The molecule has 1 nitrogen and oxygen atoms in total. The van der Waals surface area contributed by atoms with Crippen LogP contribution in [-0.4, -0.2) is 5.78 Å². The van der Waals surface area contributed by atoms with Gasteiger partial charge in [-0.25, -0.2) is 0 Å². The van der Waals surface area contributed by atoms with Crippen molar-refractivity contribution < 1.29 is 4.79 Å². The summed E-state index contributed by atoms with van der Waals surface area (Å²) in [4.78, 5) is 11.3. The minimum atomic E-state index is 0.165. The second-order valence-electron chi connectivity index (χ2n) is 5.48. The molecule has 0 aliphatic rings. The van der Waals surface area contributed by atoms with Gasteiger partial charge < -0.3 is 0 Å². The van der Waals surface area contributed by atoms with E-state index in [1.165, 1.54) is 56.9 Å². The average molecular weight is 260 g/mol. The van der Waals surface area contributed by atoms with Gasteiger partial charge in [-0.15, -0.1) is 0 Å². The molecule has 1 aromatic rings. The van der Waals surface area contributed by atoms with Gasteiger partial charge in [0.15, 0.2) is 5.78 Å². The van der Waals surface area contributed by atoms with Gasteiger partial charge in [0.05, 0.1) is 0 Å². The Kier molecular flexibility index (Phi) is 8.20. The minimum Gasteiger partial charge on any atom is -0.295 e. The molecule has 0 radical (unpaired) electrons. The van der Waals surface area contributed by atoms with Gasteiger partial charge in [-0.1, -0.05) is 70.1 Å². The highest BCUT2D eigenvalue weighted by molar-refractivity contribution is 5.94. The van der Waals surface area contributed by atoms with E-state index >= 15 is 0 Å². The van der Waals surface area contributed by atoms with Crippen LogP contribution in [0.25, 0.3) is 0 Å². The van der Waals surface area contributed by atoms with Crippen LogP contribution in [0.5, 0.6) is 0 Å². The van der Waals surface area contributed by atoms with Gasteiger partial charge in [0.2, 0.25) is 0 Å². The Labute approximate surface area is 118 Å². The first-order valence-corrected chi connectivity index (χ1v) is 7.84. The molecule has 1 aromatic carbocycles. The van der Waals surface area contributed by atoms with Gasteiger partial charge in [0, 0.05) is 5.56 Å². The van der Waals surface area contributed by atoms with Gasteiger partial charge in [0.1, 0.15) is 0 Å². The second kappa shape index (κ2) is 9.77. The third kappa shape index (κ3) is 7.15. The maximum atomic E-state index is 11.3. The fourth-order valence-electron chi connectivity index (χ4n) is 2.41. The minimum absolute atomic E-state index is 0.165. The van der Waals surface area contributed by atoms with Crippen LogP contribution < -0.4 is 0 Å². The van der Waals surface area contributed by atoms with Crippen molar-refractivity contribution in [2.45, 2.75) is 71.6 Å². The number of Topliss-reactive ketones (excluding diaryl/α,β-unsaturated/α-hetero) is 1. The van der Waals surface area contributed by atoms with Crippen molar-refractivity contribution in [1.29, 1.82) is 0 Å². The quantitative estimate of drug-likeness (QED) is 0.397. The van der Waals surface area contributed by atoms with Crippen LogP contribution in [0, 0.1) is 0 Å². The highest BCUT2D eigenvalue weighted by Gasteiger charge is 2.00. The van der Waals surface area contributed by atoms with Crippen LogP contribution in [-0.2, 0) is 6.42 Å². The number of unbranched alkanes of at least 4 members (excludes halogenated alkanes) is 7. The Morgan fingerprint density at radius 2 is 1.58 bits per heavy atom. The molecule has 0 N–H and O–H groups in total. The van der Waals surface area contributed by atoms with Crippen molar-refractivity contribution in [3.63, 3.8) is 0 Å². The van der Waals surface area contributed by atoms with E-state index in [9.17, 15) is 4.79 Å². The number of benzene rings is 1. The molecule has 0 aromatic heterocycles. The van der Waals surface area contributed by atoms with Gasteiger partial charge in [0.25, 0.3) is 0 Å². The summed E-state index contributed by atoms with van der Waals surface area (Å²) in [5, 5.41) is 0. The molecule has 0 atom stereocenters. The summed E-state index contributed by atoms with van der Waals surface area (Å²) in [5.41, 5.74) is 2.15. The van der Waals surface area contributed by atoms with Crippen LogP contribution in [0.1, 0.15) is 81.1 Å². The first kappa shape index (κ1) is 15.9. The lowest BCUT2D eigenvalue weighted by Gasteiger charge is -2.04. The van der Waals surface area contributed by atoms with Crippen LogP contribution >= 0.6 is 0 Å². The maximum Gasteiger partial charge on any atom is 0.159 e. The zero-order valence-electron chi connectivity index (χ0n) is 12.6. The average Bonchev–Trinajstić information content (AvgIpc) is 2.42. The molecule has 0 aliphatic heterocycles. The van der Waals surface area contributed by atoms with Crippen LogP contribution in [0.4, 0.5) is 0 Å². The number of carbonyl (C=O) groups excluding carboxylic acids is 1. The van der Waals surface area contributed by atoms with Gasteiger partial charge in [-0.2, -0.15) is 0 Å². The SMILES string of the molecule is CCCCCCCCCCc1cccc(C(C)=O)c1. The van der Waals surface area contributed by atoms with E-state index in [1.54, 1.807) is 6.92 Å². The second-order valence-corrected chi connectivity index (χ2v) is 5.48. The van der Waals surface area contributed by atoms with Crippen molar-refractivity contribution in [3.05, 3.63) is 35.4 Å². The zero-order chi connectivity index (χ0) is 13.9. The van der Waals surface area contributed by atoms with Crippen molar-refractivity contribution in [2.24, 2.45) is 0 Å². The Balaban J connectivity index is 2.12. The van der Waals surface area contributed by atoms with Crippen molar-refractivity contribution in [2.75, 3.05) is 0 Å². The lowest BCUT2D eigenvalue weighted by Crippen LogP contribution is -1.94. The summed E-state index contributed by atoms with van der Waals surface area (Å²) < 4.78 is 0. The summed E-state index contributed by atoms with van der Waals surface area (Å²) in [5.74, 6) is 0.165. The fourth-order valence-corrected chi connectivity index (χ4v) is 2.41. The number of hydrogen-bond donors (Lipinski definition) is 0. The highest BCUT2D eigenvalue weighted by atomic mass is 16.1. The molecule has 0 fully saturated rings. The molecular formula is C18H28O. The van der Waals surface area contributed by atoms with Crippen molar-refractivity contribution in [3.8, 4) is 0 Å². The predicted octanol–water partition coefficient (Wildman–Crippen LogP) is 5.57. The normalized spacial score (nSPS) is 10.6. The summed E-state index contributed by atoms with van der Waals surface area (Å²) in [6, 6.07) is 8.08. The van der Waals surface area contributed by atoms with E-state index in [4.69, 9.17) is 0 Å². The van der Waals surface area contributed by atoms with Crippen LogP contribution in [0.2, 0.25) is 0 Å². The Morgan fingerprint density at radius 1 is 0.947 bits per heavy atom. The van der Waals surface area contributed by atoms with E-state index in [0.29, 0.717) is 0 Å². The smallest absolute Gasteiger partial charge is 0.159 e. The van der Waals surface area contributed by atoms with Crippen molar-refractivity contribution in [1.82, 2.24) is 0 Å². The Bertz CT molecular complexity index is 368. The van der Waals surface area contributed by atoms with Gasteiger partial charge in [-0.3, -0.25) is 4.79 Å². The summed E-state index contributed by atoms with van der Waals surface area (Å²) >= 11 is 0. The monoisotopic (exact) mass is 260 g/mol. The molecule has 0 aliphatic carbocycles. The molecule has 0 saturated carbocycles. The number of ketones is 1. The summed E-state index contributed by atoms with van der Waals surface area (Å²) in [6.07, 6.45) is 11.9. The maximum absolute atomic E-state index is 11.3. The van der Waals surface area contributed by atoms with Gasteiger partial charge in [-0.05, 0) is 31.4 Å². The third-order valence-corrected chi connectivity index (χ3v) is 3.65.